The van der Waals surface area contributed by atoms with Crippen molar-refractivity contribution in [3.63, 3.8) is 0 Å². The first-order valence-electron chi connectivity index (χ1n) is 12.5. The lowest BCUT2D eigenvalue weighted by atomic mass is 9.92. The largest absolute Gasteiger partial charge is 0.481 e. The Morgan fingerprint density at radius 1 is 1.09 bits per heavy atom. The van der Waals surface area contributed by atoms with Crippen LogP contribution in [0.3, 0.4) is 0 Å². The highest BCUT2D eigenvalue weighted by Crippen LogP contribution is 2.44. The lowest BCUT2D eigenvalue weighted by Crippen LogP contribution is -2.54. The van der Waals surface area contributed by atoms with Crippen molar-refractivity contribution >= 4 is 18.0 Å². The molecule has 0 bridgehead atoms. The molecule has 186 valence electrons. The Hall–Kier alpha value is -3.35. The lowest BCUT2D eigenvalue weighted by Gasteiger charge is -2.36. The Morgan fingerprint density at radius 2 is 1.71 bits per heavy atom. The summed E-state index contributed by atoms with van der Waals surface area (Å²) in [6, 6.07) is 15.6. The van der Waals surface area contributed by atoms with E-state index < -0.39 is 18.1 Å². The predicted molar refractivity (Wildman–Crippen MR) is 133 cm³/mol. The zero-order valence-corrected chi connectivity index (χ0v) is 20.4. The Labute approximate surface area is 206 Å². The van der Waals surface area contributed by atoms with E-state index in [1.54, 1.807) is 4.90 Å². The van der Waals surface area contributed by atoms with Crippen LogP contribution in [0.5, 0.6) is 0 Å². The number of ether oxygens (including phenoxy) is 1. The van der Waals surface area contributed by atoms with Gasteiger partial charge in [-0.2, -0.15) is 0 Å². The van der Waals surface area contributed by atoms with Gasteiger partial charge in [0.15, 0.2) is 0 Å². The molecule has 0 spiro atoms. The molecule has 35 heavy (non-hydrogen) atoms. The molecule has 0 radical (unpaired) electrons. The molecule has 1 heterocycles. The maximum atomic E-state index is 13.4. The van der Waals surface area contributed by atoms with Crippen molar-refractivity contribution in [2.75, 3.05) is 19.7 Å². The monoisotopic (exact) mass is 478 g/mol. The second-order valence-corrected chi connectivity index (χ2v) is 9.72. The smallest absolute Gasteiger partial charge is 0.407 e. The number of benzene rings is 2. The number of carboxylic acid groups (broad SMARTS) is 1. The number of hydrogen-bond acceptors (Lipinski definition) is 4. The summed E-state index contributed by atoms with van der Waals surface area (Å²) < 4.78 is 5.68. The van der Waals surface area contributed by atoms with Gasteiger partial charge in [0, 0.05) is 25.4 Å². The first kappa shape index (κ1) is 24.8. The van der Waals surface area contributed by atoms with E-state index in [9.17, 15) is 14.4 Å². The molecule has 2 aromatic carbocycles. The van der Waals surface area contributed by atoms with Crippen molar-refractivity contribution in [1.29, 1.82) is 0 Å². The van der Waals surface area contributed by atoms with Crippen LogP contribution in [0, 0.1) is 11.8 Å². The molecule has 0 saturated carbocycles. The zero-order valence-electron chi connectivity index (χ0n) is 20.4. The van der Waals surface area contributed by atoms with Gasteiger partial charge < -0.3 is 20.1 Å². The summed E-state index contributed by atoms with van der Waals surface area (Å²) in [4.78, 5) is 39.1. The van der Waals surface area contributed by atoms with Gasteiger partial charge in [0.05, 0.1) is 0 Å². The third kappa shape index (κ3) is 5.50. The summed E-state index contributed by atoms with van der Waals surface area (Å²) in [6.45, 7) is 5.09. The van der Waals surface area contributed by atoms with E-state index in [4.69, 9.17) is 9.84 Å². The summed E-state index contributed by atoms with van der Waals surface area (Å²) in [7, 11) is 0. The topological polar surface area (TPSA) is 95.9 Å². The Morgan fingerprint density at radius 3 is 2.31 bits per heavy atom. The second-order valence-electron chi connectivity index (χ2n) is 9.72. The molecule has 1 aliphatic heterocycles. The number of piperidine rings is 1. The van der Waals surface area contributed by atoms with Crippen LogP contribution < -0.4 is 5.32 Å². The molecule has 2 aliphatic rings. The molecule has 1 saturated heterocycles. The number of carbonyl (C=O) groups excluding carboxylic acids is 2. The van der Waals surface area contributed by atoms with Gasteiger partial charge in [0.2, 0.25) is 5.91 Å². The minimum absolute atomic E-state index is 0.0511. The summed E-state index contributed by atoms with van der Waals surface area (Å²) in [5.41, 5.74) is 4.58. The SMILES string of the molecule is CCC(C)C(NC(=O)OCC1c2ccccc2-c2ccccc21)C(=O)N1CCCC(CC(=O)O)C1. The van der Waals surface area contributed by atoms with E-state index in [1.165, 1.54) is 0 Å². The molecule has 1 fully saturated rings. The van der Waals surface area contributed by atoms with Crippen LogP contribution in [0.15, 0.2) is 48.5 Å². The molecule has 0 aromatic heterocycles. The lowest BCUT2D eigenvalue weighted by molar-refractivity contribution is -0.141. The number of carboxylic acids is 1. The number of fused-ring (bicyclic) bond motifs is 3. The average Bonchev–Trinajstić information content (AvgIpc) is 3.18. The fourth-order valence-electron chi connectivity index (χ4n) is 5.33. The molecule has 2 amide bonds. The normalized spacial score (nSPS) is 18.8. The van der Waals surface area contributed by atoms with E-state index in [2.05, 4.69) is 29.6 Å². The molecular weight excluding hydrogens is 444 g/mol. The molecule has 3 unspecified atom stereocenters. The van der Waals surface area contributed by atoms with Gasteiger partial charge in [0.1, 0.15) is 12.6 Å². The number of rotatable bonds is 8. The second kappa shape index (κ2) is 10.9. The number of nitrogens with one attached hydrogen (secondary N) is 1. The van der Waals surface area contributed by atoms with Gasteiger partial charge in [-0.25, -0.2) is 4.79 Å². The van der Waals surface area contributed by atoms with Crippen LogP contribution in [0.1, 0.15) is 56.6 Å². The van der Waals surface area contributed by atoms with Crippen LogP contribution >= 0.6 is 0 Å². The van der Waals surface area contributed by atoms with Gasteiger partial charge >= 0.3 is 12.1 Å². The number of aliphatic carboxylic acids is 1. The van der Waals surface area contributed by atoms with Gasteiger partial charge in [-0.05, 0) is 46.9 Å². The van der Waals surface area contributed by atoms with Crippen LogP contribution in [-0.4, -0.2) is 53.7 Å². The summed E-state index contributed by atoms with van der Waals surface area (Å²) >= 11 is 0. The fourth-order valence-corrected chi connectivity index (χ4v) is 5.33. The highest BCUT2D eigenvalue weighted by Gasteiger charge is 2.34. The van der Waals surface area contributed by atoms with E-state index in [0.29, 0.717) is 19.5 Å². The third-order valence-electron chi connectivity index (χ3n) is 7.39. The number of amides is 2. The molecule has 7 heteroatoms. The number of hydrogen-bond donors (Lipinski definition) is 2. The third-order valence-corrected chi connectivity index (χ3v) is 7.39. The Kier molecular flexibility index (Phi) is 7.73. The minimum Gasteiger partial charge on any atom is -0.481 e. The fraction of sp³-hybridized carbons (Fsp3) is 0.464. The summed E-state index contributed by atoms with van der Waals surface area (Å²) in [6.07, 6.45) is 1.72. The summed E-state index contributed by atoms with van der Waals surface area (Å²) in [5.74, 6) is -1.20. The highest BCUT2D eigenvalue weighted by molar-refractivity contribution is 5.86. The molecular formula is C28H34N2O5. The van der Waals surface area contributed by atoms with Crippen molar-refractivity contribution in [3.8, 4) is 11.1 Å². The van der Waals surface area contributed by atoms with Crippen LogP contribution in [0.25, 0.3) is 11.1 Å². The van der Waals surface area contributed by atoms with Crippen molar-refractivity contribution in [3.05, 3.63) is 59.7 Å². The number of likely N-dealkylation sites (tertiary alicyclic amines) is 1. The maximum absolute atomic E-state index is 13.4. The predicted octanol–water partition coefficient (Wildman–Crippen LogP) is 4.65. The van der Waals surface area contributed by atoms with Crippen molar-refractivity contribution < 1.29 is 24.2 Å². The van der Waals surface area contributed by atoms with Gasteiger partial charge in [-0.3, -0.25) is 9.59 Å². The van der Waals surface area contributed by atoms with Crippen molar-refractivity contribution in [1.82, 2.24) is 10.2 Å². The van der Waals surface area contributed by atoms with Gasteiger partial charge in [-0.1, -0.05) is 68.8 Å². The quantitative estimate of drug-likeness (QED) is 0.576. The van der Waals surface area contributed by atoms with Crippen LogP contribution in [-0.2, 0) is 14.3 Å². The maximum Gasteiger partial charge on any atom is 0.407 e. The first-order valence-corrected chi connectivity index (χ1v) is 12.5. The number of nitrogens with zero attached hydrogens (tertiary/aromatic N) is 1. The average molecular weight is 479 g/mol. The van der Waals surface area contributed by atoms with E-state index in [1.807, 2.05) is 38.1 Å². The van der Waals surface area contributed by atoms with Crippen molar-refractivity contribution in [2.45, 2.75) is 51.5 Å². The Balaban J connectivity index is 1.41. The van der Waals surface area contributed by atoms with Crippen LogP contribution in [0.4, 0.5) is 4.79 Å². The zero-order chi connectivity index (χ0) is 24.9. The molecule has 1 aliphatic carbocycles. The molecule has 7 nitrogen and oxygen atoms in total. The highest BCUT2D eigenvalue weighted by atomic mass is 16.5. The molecule has 4 rings (SSSR count). The van der Waals surface area contributed by atoms with E-state index >= 15 is 0 Å². The van der Waals surface area contributed by atoms with E-state index in [-0.39, 0.29) is 36.7 Å². The molecule has 3 atom stereocenters. The van der Waals surface area contributed by atoms with Gasteiger partial charge in [0.25, 0.3) is 0 Å². The van der Waals surface area contributed by atoms with Crippen LogP contribution in [0.2, 0.25) is 0 Å². The van der Waals surface area contributed by atoms with Gasteiger partial charge in [-0.15, -0.1) is 0 Å². The Bertz CT molecular complexity index is 1040. The minimum atomic E-state index is -0.848. The first-order chi connectivity index (χ1) is 16.9. The summed E-state index contributed by atoms with van der Waals surface area (Å²) in [5, 5.41) is 12.0. The molecule has 2 aromatic rings. The number of carbonyl (C=O) groups is 3. The number of alkyl carbamates (subject to hydrolysis) is 1. The standard InChI is InChI=1S/C28H34N2O5/c1-3-18(2)26(27(33)30-14-8-9-19(16-30)15-25(31)32)29-28(34)35-17-24-22-12-6-4-10-20(22)21-11-5-7-13-23(21)24/h4-7,10-13,18-19,24,26H,3,8-9,14-17H2,1-2H3,(H,29,34)(H,31,32). The van der Waals surface area contributed by atoms with E-state index in [0.717, 1.165) is 35.1 Å². The molecule has 2 N–H and O–H groups in total. The van der Waals surface area contributed by atoms with Crippen molar-refractivity contribution in [2.24, 2.45) is 11.8 Å².